The Balaban J connectivity index is 1.91. The minimum absolute atomic E-state index is 0.0613. The van der Waals surface area contributed by atoms with E-state index in [1.54, 1.807) is 42.5 Å². The predicted molar refractivity (Wildman–Crippen MR) is 101 cm³/mol. The summed E-state index contributed by atoms with van der Waals surface area (Å²) >= 11 is 0.573. The van der Waals surface area contributed by atoms with Crippen LogP contribution in [-0.4, -0.2) is 22.7 Å². The van der Waals surface area contributed by atoms with Crippen LogP contribution >= 0.6 is 11.8 Å². The Kier molecular flexibility index (Phi) is 3.74. The molecule has 8 heteroatoms. The maximum atomic E-state index is 12.9. The first-order valence-corrected chi connectivity index (χ1v) is 9.83. The zero-order chi connectivity index (χ0) is 18.5. The summed E-state index contributed by atoms with van der Waals surface area (Å²) in [5, 5.41) is -0.327. The second-order valence-corrected chi connectivity index (χ2v) is 8.32. The molecular formula is C18H12N2O4S2. The van der Waals surface area contributed by atoms with E-state index in [4.69, 9.17) is 0 Å². The van der Waals surface area contributed by atoms with Crippen LogP contribution in [0, 0.1) is 0 Å². The van der Waals surface area contributed by atoms with Gasteiger partial charge in [-0.2, -0.15) is 0 Å². The molecule has 3 aromatic rings. The normalized spacial score (nSPS) is 15.2. The number of fused-ring (bicyclic) bond motifs is 1. The third-order valence-electron chi connectivity index (χ3n) is 4.08. The Hall–Kier alpha value is -2.84. The van der Waals surface area contributed by atoms with E-state index >= 15 is 0 Å². The van der Waals surface area contributed by atoms with Crippen LogP contribution in [0.2, 0.25) is 0 Å². The summed E-state index contributed by atoms with van der Waals surface area (Å²) in [7, 11) is -3.78. The van der Waals surface area contributed by atoms with Gasteiger partial charge in [-0.1, -0.05) is 30.8 Å². The van der Waals surface area contributed by atoms with Crippen LogP contribution in [0.5, 0.6) is 0 Å². The van der Waals surface area contributed by atoms with Gasteiger partial charge >= 0.3 is 0 Å². The quantitative estimate of drug-likeness (QED) is 0.645. The van der Waals surface area contributed by atoms with Gasteiger partial charge < -0.3 is 0 Å². The molecule has 0 bridgehead atoms. The number of hydrogen-bond acceptors (Lipinski definition) is 5. The summed E-state index contributed by atoms with van der Waals surface area (Å²) in [4.78, 5) is 25.3. The number of anilines is 1. The number of benzene rings is 2. The second-order valence-electron chi connectivity index (χ2n) is 5.58. The monoisotopic (exact) mass is 384 g/mol. The van der Waals surface area contributed by atoms with E-state index in [9.17, 15) is 18.0 Å². The van der Waals surface area contributed by atoms with Gasteiger partial charge in [-0.25, -0.2) is 12.4 Å². The van der Waals surface area contributed by atoms with Crippen molar-refractivity contribution in [2.24, 2.45) is 0 Å². The van der Waals surface area contributed by atoms with Crippen molar-refractivity contribution in [1.29, 1.82) is 0 Å². The summed E-state index contributed by atoms with van der Waals surface area (Å²) < 4.78 is 27.0. The molecule has 0 radical (unpaired) electrons. The van der Waals surface area contributed by atoms with Crippen molar-refractivity contribution >= 4 is 48.7 Å². The van der Waals surface area contributed by atoms with Crippen LogP contribution in [0.3, 0.4) is 0 Å². The lowest BCUT2D eigenvalue weighted by Gasteiger charge is -2.16. The van der Waals surface area contributed by atoms with Gasteiger partial charge in [-0.3, -0.25) is 14.5 Å². The molecule has 0 N–H and O–H groups in total. The SMILES string of the molecule is C=C1C(=O)SC(=O)N1c1cccc2c1ccn2S(=O)(=O)c1ccccc1. The molecule has 4 rings (SSSR count). The number of hydrogen-bond donors (Lipinski definition) is 0. The van der Waals surface area contributed by atoms with E-state index in [0.29, 0.717) is 28.4 Å². The fourth-order valence-electron chi connectivity index (χ4n) is 2.87. The van der Waals surface area contributed by atoms with Crippen LogP contribution in [-0.2, 0) is 14.8 Å². The van der Waals surface area contributed by atoms with Gasteiger partial charge in [0, 0.05) is 23.3 Å². The fraction of sp³-hybridized carbons (Fsp3) is 0. The van der Waals surface area contributed by atoms with Crippen LogP contribution < -0.4 is 4.90 Å². The summed E-state index contributed by atoms with van der Waals surface area (Å²) in [6.45, 7) is 3.66. The zero-order valence-corrected chi connectivity index (χ0v) is 15.0. The lowest BCUT2D eigenvalue weighted by Crippen LogP contribution is -2.20. The largest absolute Gasteiger partial charge is 0.298 e. The van der Waals surface area contributed by atoms with Crippen molar-refractivity contribution in [3.8, 4) is 0 Å². The maximum Gasteiger partial charge on any atom is 0.298 e. The minimum atomic E-state index is -3.78. The molecule has 0 unspecified atom stereocenters. The zero-order valence-electron chi connectivity index (χ0n) is 13.3. The van der Waals surface area contributed by atoms with Crippen molar-refractivity contribution in [3.63, 3.8) is 0 Å². The van der Waals surface area contributed by atoms with Crippen LogP contribution in [0.15, 0.2) is 78.0 Å². The number of amides is 1. The van der Waals surface area contributed by atoms with Crippen molar-refractivity contribution in [3.05, 3.63) is 73.1 Å². The van der Waals surface area contributed by atoms with Gasteiger partial charge in [0.15, 0.2) is 0 Å². The molecular weight excluding hydrogens is 372 g/mol. The molecule has 0 saturated carbocycles. The molecule has 130 valence electrons. The van der Waals surface area contributed by atoms with Crippen LogP contribution in [0.25, 0.3) is 10.9 Å². The first-order chi connectivity index (χ1) is 12.4. The lowest BCUT2D eigenvalue weighted by atomic mass is 10.2. The first-order valence-electron chi connectivity index (χ1n) is 7.57. The smallest absolute Gasteiger partial charge is 0.279 e. The predicted octanol–water partition coefficient (Wildman–Crippen LogP) is 3.59. The molecule has 6 nitrogen and oxygen atoms in total. The Morgan fingerprint density at radius 2 is 1.65 bits per heavy atom. The molecule has 1 fully saturated rings. The van der Waals surface area contributed by atoms with E-state index in [0.717, 1.165) is 0 Å². The van der Waals surface area contributed by atoms with Gasteiger partial charge in [-0.15, -0.1) is 0 Å². The van der Waals surface area contributed by atoms with Crippen molar-refractivity contribution in [1.82, 2.24) is 3.97 Å². The van der Waals surface area contributed by atoms with Gasteiger partial charge in [0.2, 0.25) is 5.12 Å². The number of carbonyl (C=O) groups excluding carboxylic acids is 2. The van der Waals surface area contributed by atoms with E-state index in [-0.39, 0.29) is 10.6 Å². The van der Waals surface area contributed by atoms with E-state index in [2.05, 4.69) is 6.58 Å². The Morgan fingerprint density at radius 3 is 2.31 bits per heavy atom. The number of aromatic nitrogens is 1. The number of thioether (sulfide) groups is 1. The molecule has 26 heavy (non-hydrogen) atoms. The number of rotatable bonds is 3. The summed E-state index contributed by atoms with van der Waals surface area (Å²) in [6.07, 6.45) is 1.44. The molecule has 0 aliphatic carbocycles. The molecule has 1 aliphatic heterocycles. The third kappa shape index (κ3) is 2.38. The molecule has 2 aromatic carbocycles. The molecule has 1 aromatic heterocycles. The van der Waals surface area contributed by atoms with Gasteiger partial charge in [0.1, 0.15) is 0 Å². The first kappa shape index (κ1) is 16.6. The van der Waals surface area contributed by atoms with Gasteiger partial charge in [-0.05, 0) is 30.3 Å². The average molecular weight is 384 g/mol. The summed E-state index contributed by atoms with van der Waals surface area (Å²) in [6, 6.07) is 14.6. The van der Waals surface area contributed by atoms with Crippen LogP contribution in [0.1, 0.15) is 0 Å². The highest BCUT2D eigenvalue weighted by Gasteiger charge is 2.35. The van der Waals surface area contributed by atoms with Gasteiger partial charge in [0.25, 0.3) is 15.3 Å². The molecule has 0 spiro atoms. The second kappa shape index (κ2) is 5.86. The third-order valence-corrected chi connectivity index (χ3v) is 6.57. The average Bonchev–Trinajstić information content (AvgIpc) is 3.17. The Labute approximate surface area is 153 Å². The Morgan fingerprint density at radius 1 is 0.923 bits per heavy atom. The number of nitrogens with zero attached hydrogens (tertiary/aromatic N) is 2. The molecule has 1 aliphatic rings. The standard InChI is InChI=1S/C18H12N2O4S2/c1-12-17(21)25-18(22)20(12)16-9-5-8-15-14(16)10-11-19(15)26(23,24)13-6-3-2-4-7-13/h2-11H,1H2. The summed E-state index contributed by atoms with van der Waals surface area (Å²) in [5.74, 6) is 0. The highest BCUT2D eigenvalue weighted by atomic mass is 32.2. The Bertz CT molecular complexity index is 1180. The maximum absolute atomic E-state index is 12.9. The highest BCUT2D eigenvalue weighted by molar-refractivity contribution is 8.27. The molecule has 0 atom stereocenters. The van der Waals surface area contributed by atoms with Crippen molar-refractivity contribution < 1.29 is 18.0 Å². The molecule has 2 heterocycles. The lowest BCUT2D eigenvalue weighted by molar-refractivity contribution is -0.107. The molecule has 1 saturated heterocycles. The topological polar surface area (TPSA) is 76.5 Å². The minimum Gasteiger partial charge on any atom is -0.279 e. The fourth-order valence-corrected chi connectivity index (χ4v) is 4.90. The highest BCUT2D eigenvalue weighted by Crippen LogP contribution is 2.38. The molecule has 1 amide bonds. The van der Waals surface area contributed by atoms with E-state index in [1.807, 2.05) is 0 Å². The van der Waals surface area contributed by atoms with Crippen molar-refractivity contribution in [2.75, 3.05) is 4.90 Å². The number of carbonyl (C=O) groups is 2. The van der Waals surface area contributed by atoms with E-state index in [1.165, 1.54) is 27.2 Å². The van der Waals surface area contributed by atoms with E-state index < -0.39 is 20.4 Å². The van der Waals surface area contributed by atoms with Gasteiger partial charge in [0.05, 0.1) is 21.8 Å². The van der Waals surface area contributed by atoms with Crippen LogP contribution in [0.4, 0.5) is 10.5 Å². The summed E-state index contributed by atoms with van der Waals surface area (Å²) in [5.41, 5.74) is 0.903. The van der Waals surface area contributed by atoms with Crippen molar-refractivity contribution in [2.45, 2.75) is 4.90 Å².